The predicted octanol–water partition coefficient (Wildman–Crippen LogP) is 1.85. The van der Waals surface area contributed by atoms with E-state index in [1.165, 1.54) is 0 Å². The second-order valence-corrected chi connectivity index (χ2v) is 3.16. The zero-order chi connectivity index (χ0) is 9.97. The molecule has 1 heterocycles. The molecule has 72 valence electrons. The third-order valence-electron chi connectivity index (χ3n) is 1.74. The van der Waals surface area contributed by atoms with Crippen molar-refractivity contribution in [3.05, 3.63) is 35.1 Å². The fourth-order valence-electron chi connectivity index (χ4n) is 1.05. The molecule has 2 rings (SSSR count). The minimum Gasteiger partial charge on any atom is -0.334 e. The lowest BCUT2D eigenvalue weighted by Crippen LogP contribution is -1.97. The van der Waals surface area contributed by atoms with Crippen LogP contribution in [0.3, 0.4) is 0 Å². The van der Waals surface area contributed by atoms with Crippen molar-refractivity contribution < 1.29 is 4.52 Å². The van der Waals surface area contributed by atoms with Crippen LogP contribution in [-0.2, 0) is 6.54 Å². The Bertz CT molecular complexity index is 424. The van der Waals surface area contributed by atoms with Crippen LogP contribution in [0.1, 0.15) is 5.82 Å². The first-order chi connectivity index (χ1) is 6.79. The predicted molar refractivity (Wildman–Crippen MR) is 52.6 cm³/mol. The van der Waals surface area contributed by atoms with Gasteiger partial charge >= 0.3 is 0 Å². The largest absolute Gasteiger partial charge is 0.334 e. The number of nitrogens with two attached hydrogens (primary N) is 1. The molecular formula is C9H8ClN3O. The van der Waals surface area contributed by atoms with Gasteiger partial charge in [-0.15, -0.1) is 0 Å². The number of hydrogen-bond acceptors (Lipinski definition) is 4. The number of hydrogen-bond donors (Lipinski definition) is 1. The highest BCUT2D eigenvalue weighted by Gasteiger charge is 2.06. The van der Waals surface area contributed by atoms with E-state index in [1.54, 1.807) is 12.1 Å². The maximum Gasteiger partial charge on any atom is 0.257 e. The van der Waals surface area contributed by atoms with E-state index in [2.05, 4.69) is 10.1 Å². The topological polar surface area (TPSA) is 64.9 Å². The van der Waals surface area contributed by atoms with E-state index >= 15 is 0 Å². The Balaban J connectivity index is 2.34. The summed E-state index contributed by atoms with van der Waals surface area (Å²) in [5.74, 6) is 0.956. The standard InChI is InChI=1S/C9H8ClN3O/c10-7-3-1-6(2-4-7)9-12-8(5-11)13-14-9/h1-4H,5,11H2. The summed E-state index contributed by atoms with van der Waals surface area (Å²) < 4.78 is 5.00. The average molecular weight is 210 g/mol. The number of nitrogens with zero attached hydrogens (tertiary/aromatic N) is 2. The van der Waals surface area contributed by atoms with Crippen LogP contribution in [0.5, 0.6) is 0 Å². The molecule has 2 aromatic rings. The lowest BCUT2D eigenvalue weighted by atomic mass is 10.2. The van der Waals surface area contributed by atoms with E-state index in [9.17, 15) is 0 Å². The summed E-state index contributed by atoms with van der Waals surface area (Å²) in [6, 6.07) is 7.17. The Labute approximate surface area is 85.7 Å². The van der Waals surface area contributed by atoms with Crippen LogP contribution in [-0.4, -0.2) is 10.1 Å². The number of aromatic nitrogens is 2. The molecule has 0 fully saturated rings. The van der Waals surface area contributed by atoms with Crippen LogP contribution >= 0.6 is 11.6 Å². The summed E-state index contributed by atoms with van der Waals surface area (Å²) in [7, 11) is 0. The first-order valence-electron chi connectivity index (χ1n) is 4.08. The van der Waals surface area contributed by atoms with Gasteiger partial charge in [0.15, 0.2) is 5.82 Å². The molecule has 2 N–H and O–H groups in total. The van der Waals surface area contributed by atoms with Crippen LogP contribution in [0, 0.1) is 0 Å². The van der Waals surface area contributed by atoms with Gasteiger partial charge in [-0.05, 0) is 24.3 Å². The minimum atomic E-state index is 0.275. The molecular weight excluding hydrogens is 202 g/mol. The average Bonchev–Trinajstić information content (AvgIpc) is 2.67. The van der Waals surface area contributed by atoms with Gasteiger partial charge < -0.3 is 10.3 Å². The summed E-state index contributed by atoms with van der Waals surface area (Å²) in [6.07, 6.45) is 0. The molecule has 0 atom stereocenters. The van der Waals surface area contributed by atoms with E-state index in [-0.39, 0.29) is 6.54 Å². The molecule has 0 saturated heterocycles. The molecule has 0 saturated carbocycles. The minimum absolute atomic E-state index is 0.275. The third-order valence-corrected chi connectivity index (χ3v) is 1.99. The van der Waals surface area contributed by atoms with Crippen LogP contribution in [0.2, 0.25) is 5.02 Å². The summed E-state index contributed by atoms with van der Waals surface area (Å²) >= 11 is 5.74. The lowest BCUT2D eigenvalue weighted by Gasteiger charge is -1.92. The monoisotopic (exact) mass is 209 g/mol. The lowest BCUT2D eigenvalue weighted by molar-refractivity contribution is 0.423. The molecule has 1 aromatic heterocycles. The van der Waals surface area contributed by atoms with Crippen molar-refractivity contribution in [1.82, 2.24) is 10.1 Å². The van der Waals surface area contributed by atoms with Crippen LogP contribution in [0.4, 0.5) is 0 Å². The molecule has 5 heteroatoms. The van der Waals surface area contributed by atoms with Crippen molar-refractivity contribution in [2.24, 2.45) is 5.73 Å². The number of rotatable bonds is 2. The zero-order valence-electron chi connectivity index (χ0n) is 7.27. The van der Waals surface area contributed by atoms with Crippen molar-refractivity contribution >= 4 is 11.6 Å². The number of halogens is 1. The summed E-state index contributed by atoms with van der Waals surface area (Å²) in [5.41, 5.74) is 6.19. The summed E-state index contributed by atoms with van der Waals surface area (Å²) in [4.78, 5) is 4.08. The van der Waals surface area contributed by atoms with Gasteiger partial charge in [-0.1, -0.05) is 16.8 Å². The van der Waals surface area contributed by atoms with E-state index in [4.69, 9.17) is 21.9 Å². The van der Waals surface area contributed by atoms with Gasteiger partial charge in [-0.25, -0.2) is 0 Å². The molecule has 0 amide bonds. The molecule has 0 bridgehead atoms. The van der Waals surface area contributed by atoms with E-state index in [0.29, 0.717) is 16.7 Å². The molecule has 0 aliphatic rings. The van der Waals surface area contributed by atoms with E-state index in [1.807, 2.05) is 12.1 Å². The Morgan fingerprint density at radius 1 is 1.29 bits per heavy atom. The highest BCUT2D eigenvalue weighted by Crippen LogP contribution is 2.19. The maximum absolute atomic E-state index is 5.74. The molecule has 0 aliphatic carbocycles. The molecule has 0 radical (unpaired) electrons. The van der Waals surface area contributed by atoms with Crippen molar-refractivity contribution in [2.45, 2.75) is 6.54 Å². The zero-order valence-corrected chi connectivity index (χ0v) is 8.03. The molecule has 0 spiro atoms. The van der Waals surface area contributed by atoms with Gasteiger partial charge in [0.1, 0.15) is 0 Å². The van der Waals surface area contributed by atoms with E-state index in [0.717, 1.165) is 5.56 Å². The van der Waals surface area contributed by atoms with Gasteiger partial charge in [0.25, 0.3) is 5.89 Å². The fraction of sp³-hybridized carbons (Fsp3) is 0.111. The smallest absolute Gasteiger partial charge is 0.257 e. The SMILES string of the molecule is NCc1noc(-c2ccc(Cl)cc2)n1. The van der Waals surface area contributed by atoms with Crippen LogP contribution in [0.15, 0.2) is 28.8 Å². The normalized spacial score (nSPS) is 10.4. The maximum atomic E-state index is 5.74. The van der Waals surface area contributed by atoms with Gasteiger partial charge in [0.2, 0.25) is 0 Å². The van der Waals surface area contributed by atoms with E-state index < -0.39 is 0 Å². The van der Waals surface area contributed by atoms with Gasteiger partial charge in [0, 0.05) is 10.6 Å². The van der Waals surface area contributed by atoms with Gasteiger partial charge in [-0.2, -0.15) is 4.98 Å². The molecule has 1 aromatic carbocycles. The molecule has 14 heavy (non-hydrogen) atoms. The Morgan fingerprint density at radius 3 is 2.57 bits per heavy atom. The summed E-state index contributed by atoms with van der Waals surface area (Å²) in [5, 5.41) is 4.36. The van der Waals surface area contributed by atoms with Crippen LogP contribution < -0.4 is 5.73 Å². The molecule has 4 nitrogen and oxygen atoms in total. The molecule has 0 aliphatic heterocycles. The Hall–Kier alpha value is -1.39. The van der Waals surface area contributed by atoms with Crippen molar-refractivity contribution in [1.29, 1.82) is 0 Å². The Kier molecular flexibility index (Phi) is 2.47. The second kappa shape index (κ2) is 3.77. The molecule has 0 unspecified atom stereocenters. The first kappa shape index (κ1) is 9.18. The highest BCUT2D eigenvalue weighted by atomic mass is 35.5. The van der Waals surface area contributed by atoms with Crippen molar-refractivity contribution in [3.8, 4) is 11.5 Å². The quantitative estimate of drug-likeness (QED) is 0.820. The number of benzene rings is 1. The van der Waals surface area contributed by atoms with Gasteiger partial charge in [0.05, 0.1) is 6.54 Å². The highest BCUT2D eigenvalue weighted by molar-refractivity contribution is 6.30. The fourth-order valence-corrected chi connectivity index (χ4v) is 1.17. The van der Waals surface area contributed by atoms with Crippen molar-refractivity contribution in [3.63, 3.8) is 0 Å². The third kappa shape index (κ3) is 1.76. The second-order valence-electron chi connectivity index (χ2n) is 2.73. The summed E-state index contributed by atoms with van der Waals surface area (Å²) in [6.45, 7) is 0.275. The van der Waals surface area contributed by atoms with Crippen LogP contribution in [0.25, 0.3) is 11.5 Å². The van der Waals surface area contributed by atoms with Crippen molar-refractivity contribution in [2.75, 3.05) is 0 Å². The van der Waals surface area contributed by atoms with Gasteiger partial charge in [-0.3, -0.25) is 0 Å². The first-order valence-corrected chi connectivity index (χ1v) is 4.46. The Morgan fingerprint density at radius 2 is 2.00 bits per heavy atom.